The lowest BCUT2D eigenvalue weighted by molar-refractivity contribution is 0.415. The van der Waals surface area contributed by atoms with Crippen LogP contribution in [0.15, 0.2) is 35.1 Å². The average Bonchev–Trinajstić information content (AvgIpc) is 2.44. The zero-order valence-corrected chi connectivity index (χ0v) is 11.1. The summed E-state index contributed by atoms with van der Waals surface area (Å²) in [6.45, 7) is 1.84. The SMILES string of the molecule is COc1cccc(-c2cc(C)n(C)c(=O)c2C#N)c1. The van der Waals surface area contributed by atoms with E-state index in [4.69, 9.17) is 4.74 Å². The second kappa shape index (κ2) is 4.99. The number of ether oxygens (including phenoxy) is 1. The molecule has 0 amide bonds. The Morgan fingerprint density at radius 3 is 2.68 bits per heavy atom. The van der Waals surface area contributed by atoms with Gasteiger partial charge in [0.2, 0.25) is 0 Å². The minimum Gasteiger partial charge on any atom is -0.497 e. The number of rotatable bonds is 2. The molecule has 1 heterocycles. The zero-order chi connectivity index (χ0) is 14.0. The summed E-state index contributed by atoms with van der Waals surface area (Å²) < 4.78 is 6.64. The van der Waals surface area contributed by atoms with Crippen LogP contribution in [0, 0.1) is 18.3 Å². The Hall–Kier alpha value is -2.54. The topological polar surface area (TPSA) is 55.0 Å². The number of methoxy groups -OCH3 is 1. The standard InChI is InChI=1S/C15H14N2O2/c1-10-7-13(14(9-16)15(18)17(10)2)11-5-4-6-12(8-11)19-3/h4-8H,1-3H3. The van der Waals surface area contributed by atoms with Crippen LogP contribution >= 0.6 is 0 Å². The number of nitriles is 1. The van der Waals surface area contributed by atoms with Gasteiger partial charge in [-0.3, -0.25) is 4.79 Å². The van der Waals surface area contributed by atoms with E-state index >= 15 is 0 Å². The van der Waals surface area contributed by atoms with Crippen molar-refractivity contribution < 1.29 is 4.74 Å². The fraction of sp³-hybridized carbons (Fsp3) is 0.200. The van der Waals surface area contributed by atoms with Crippen LogP contribution < -0.4 is 10.3 Å². The van der Waals surface area contributed by atoms with Gasteiger partial charge in [0.1, 0.15) is 17.4 Å². The highest BCUT2D eigenvalue weighted by molar-refractivity contribution is 5.71. The van der Waals surface area contributed by atoms with Crippen molar-refractivity contribution in [3.8, 4) is 22.9 Å². The first kappa shape index (κ1) is 12.9. The Labute approximate surface area is 111 Å². The van der Waals surface area contributed by atoms with Gasteiger partial charge in [-0.25, -0.2) is 0 Å². The molecule has 0 radical (unpaired) electrons. The molecule has 1 aromatic carbocycles. The quantitative estimate of drug-likeness (QED) is 0.825. The third-order valence-corrected chi connectivity index (χ3v) is 3.16. The van der Waals surface area contributed by atoms with Crippen LogP contribution in [-0.2, 0) is 7.05 Å². The molecule has 0 fully saturated rings. The summed E-state index contributed by atoms with van der Waals surface area (Å²) in [7, 11) is 3.24. The van der Waals surface area contributed by atoms with Gasteiger partial charge in [-0.15, -0.1) is 0 Å². The maximum Gasteiger partial charge on any atom is 0.269 e. The summed E-state index contributed by atoms with van der Waals surface area (Å²) >= 11 is 0. The van der Waals surface area contributed by atoms with E-state index in [9.17, 15) is 10.1 Å². The molecule has 2 aromatic rings. The van der Waals surface area contributed by atoms with Crippen LogP contribution in [-0.4, -0.2) is 11.7 Å². The van der Waals surface area contributed by atoms with Crippen LogP contribution in [0.4, 0.5) is 0 Å². The van der Waals surface area contributed by atoms with Crippen molar-refractivity contribution in [3.05, 3.63) is 51.9 Å². The van der Waals surface area contributed by atoms with Crippen LogP contribution in [0.5, 0.6) is 5.75 Å². The Morgan fingerprint density at radius 2 is 2.05 bits per heavy atom. The molecule has 0 aliphatic rings. The van der Waals surface area contributed by atoms with E-state index in [1.165, 1.54) is 4.57 Å². The van der Waals surface area contributed by atoms with E-state index in [0.29, 0.717) is 11.3 Å². The van der Waals surface area contributed by atoms with E-state index < -0.39 is 0 Å². The molecule has 4 heteroatoms. The molecule has 0 unspecified atom stereocenters. The second-order valence-electron chi connectivity index (χ2n) is 4.28. The maximum atomic E-state index is 12.1. The van der Waals surface area contributed by atoms with Crippen molar-refractivity contribution in [2.24, 2.45) is 7.05 Å². The van der Waals surface area contributed by atoms with E-state index in [1.54, 1.807) is 14.2 Å². The minimum absolute atomic E-state index is 0.154. The number of pyridine rings is 1. The van der Waals surface area contributed by atoms with E-state index in [0.717, 1.165) is 11.3 Å². The van der Waals surface area contributed by atoms with E-state index in [2.05, 4.69) is 0 Å². The highest BCUT2D eigenvalue weighted by atomic mass is 16.5. The molecule has 2 rings (SSSR count). The number of aromatic nitrogens is 1. The number of hydrogen-bond acceptors (Lipinski definition) is 3. The first-order chi connectivity index (χ1) is 9.08. The zero-order valence-electron chi connectivity index (χ0n) is 11.1. The number of hydrogen-bond donors (Lipinski definition) is 0. The molecule has 0 saturated carbocycles. The predicted molar refractivity (Wildman–Crippen MR) is 73.1 cm³/mol. The highest BCUT2D eigenvalue weighted by Gasteiger charge is 2.12. The van der Waals surface area contributed by atoms with Gasteiger partial charge in [0, 0.05) is 18.3 Å². The summed E-state index contributed by atoms with van der Waals surface area (Å²) in [6.07, 6.45) is 0. The third-order valence-electron chi connectivity index (χ3n) is 3.16. The molecule has 4 nitrogen and oxygen atoms in total. The monoisotopic (exact) mass is 254 g/mol. The van der Waals surface area contributed by atoms with Crippen molar-refractivity contribution in [3.63, 3.8) is 0 Å². The fourth-order valence-corrected chi connectivity index (χ4v) is 1.95. The van der Waals surface area contributed by atoms with Gasteiger partial charge >= 0.3 is 0 Å². The Bertz CT molecular complexity index is 724. The average molecular weight is 254 g/mol. The largest absolute Gasteiger partial charge is 0.497 e. The summed E-state index contributed by atoms with van der Waals surface area (Å²) in [6, 6.07) is 11.2. The lowest BCUT2D eigenvalue weighted by atomic mass is 10.0. The second-order valence-corrected chi connectivity index (χ2v) is 4.28. The van der Waals surface area contributed by atoms with Gasteiger partial charge in [-0.2, -0.15) is 5.26 Å². The molecule has 0 spiro atoms. The van der Waals surface area contributed by atoms with Gasteiger partial charge < -0.3 is 9.30 Å². The molecule has 0 aliphatic carbocycles. The summed E-state index contributed by atoms with van der Waals surface area (Å²) in [5, 5.41) is 9.21. The molecule has 96 valence electrons. The molecule has 0 N–H and O–H groups in total. The van der Waals surface area contributed by atoms with Crippen molar-refractivity contribution in [1.29, 1.82) is 5.26 Å². The maximum absolute atomic E-state index is 12.1. The lowest BCUT2D eigenvalue weighted by Crippen LogP contribution is -2.22. The van der Waals surface area contributed by atoms with Crippen LogP contribution in [0.25, 0.3) is 11.1 Å². The molecule has 19 heavy (non-hydrogen) atoms. The number of aryl methyl sites for hydroxylation is 1. The first-order valence-corrected chi connectivity index (χ1v) is 5.83. The van der Waals surface area contributed by atoms with Crippen molar-refractivity contribution >= 4 is 0 Å². The molecule has 0 bridgehead atoms. The van der Waals surface area contributed by atoms with Crippen molar-refractivity contribution in [1.82, 2.24) is 4.57 Å². The summed E-state index contributed by atoms with van der Waals surface area (Å²) in [4.78, 5) is 12.1. The van der Waals surface area contributed by atoms with Gasteiger partial charge in [-0.1, -0.05) is 12.1 Å². The summed E-state index contributed by atoms with van der Waals surface area (Å²) in [5.41, 5.74) is 2.13. The van der Waals surface area contributed by atoms with E-state index in [-0.39, 0.29) is 11.1 Å². The Kier molecular flexibility index (Phi) is 3.39. The fourth-order valence-electron chi connectivity index (χ4n) is 1.95. The molecule has 0 aliphatic heterocycles. The lowest BCUT2D eigenvalue weighted by Gasteiger charge is -2.10. The Morgan fingerprint density at radius 1 is 1.32 bits per heavy atom. The highest BCUT2D eigenvalue weighted by Crippen LogP contribution is 2.25. The smallest absolute Gasteiger partial charge is 0.269 e. The van der Waals surface area contributed by atoms with Gasteiger partial charge in [0.05, 0.1) is 7.11 Å². The molecular formula is C15H14N2O2. The number of nitrogens with zero attached hydrogens (tertiary/aromatic N) is 2. The molecular weight excluding hydrogens is 240 g/mol. The van der Waals surface area contributed by atoms with Crippen molar-refractivity contribution in [2.75, 3.05) is 7.11 Å². The molecule has 1 aromatic heterocycles. The molecule has 0 atom stereocenters. The normalized spacial score (nSPS) is 10.0. The van der Waals surface area contributed by atoms with Gasteiger partial charge in [0.25, 0.3) is 5.56 Å². The predicted octanol–water partition coefficient (Wildman–Crippen LogP) is 2.24. The van der Waals surface area contributed by atoms with Crippen molar-refractivity contribution in [2.45, 2.75) is 6.92 Å². The number of benzene rings is 1. The van der Waals surface area contributed by atoms with Crippen LogP contribution in [0.2, 0.25) is 0 Å². The first-order valence-electron chi connectivity index (χ1n) is 5.83. The van der Waals surface area contributed by atoms with Gasteiger partial charge in [-0.05, 0) is 30.7 Å². The van der Waals surface area contributed by atoms with Gasteiger partial charge in [0.15, 0.2) is 0 Å². The third kappa shape index (κ3) is 2.23. The molecule has 0 saturated heterocycles. The van der Waals surface area contributed by atoms with Crippen LogP contribution in [0.1, 0.15) is 11.3 Å². The van der Waals surface area contributed by atoms with Crippen LogP contribution in [0.3, 0.4) is 0 Å². The Balaban J connectivity index is 2.75. The minimum atomic E-state index is -0.277. The van der Waals surface area contributed by atoms with E-state index in [1.807, 2.05) is 43.3 Å². The summed E-state index contributed by atoms with van der Waals surface area (Å²) in [5.74, 6) is 0.694.